The van der Waals surface area contributed by atoms with Crippen molar-refractivity contribution in [3.63, 3.8) is 0 Å². The number of halogens is 1. The van der Waals surface area contributed by atoms with Crippen molar-refractivity contribution in [2.45, 2.75) is 26.4 Å². The quantitative estimate of drug-likeness (QED) is 0.560. The topological polar surface area (TPSA) is 90.4 Å². The van der Waals surface area contributed by atoms with Gasteiger partial charge >= 0.3 is 0 Å². The Morgan fingerprint density at radius 3 is 2.96 bits per heavy atom. The highest BCUT2D eigenvalue weighted by Crippen LogP contribution is 2.19. The van der Waals surface area contributed by atoms with Gasteiger partial charge in [-0.05, 0) is 43.7 Å². The minimum atomic E-state index is -0.264. The van der Waals surface area contributed by atoms with Crippen LogP contribution in [0.1, 0.15) is 34.5 Å². The van der Waals surface area contributed by atoms with E-state index in [0.29, 0.717) is 36.9 Å². The fourth-order valence-electron chi connectivity index (χ4n) is 2.26. The average Bonchev–Trinajstić information content (AvgIpc) is 3.26. The van der Waals surface area contributed by atoms with Crippen LogP contribution < -0.4 is 10.1 Å². The van der Waals surface area contributed by atoms with Crippen molar-refractivity contribution in [1.29, 1.82) is 0 Å². The third-order valence-electron chi connectivity index (χ3n) is 3.49. The maximum Gasteiger partial charge on any atom is 0.286 e. The first-order valence-corrected chi connectivity index (χ1v) is 8.94. The molecule has 0 bridgehead atoms. The fraction of sp³-hybridized carbons (Fsp3) is 0.278. The average molecular weight is 420 g/mol. The van der Waals surface area contributed by atoms with Gasteiger partial charge < -0.3 is 19.0 Å². The summed E-state index contributed by atoms with van der Waals surface area (Å²) in [5.74, 6) is 2.47. The summed E-state index contributed by atoms with van der Waals surface area (Å²) in [7, 11) is 0. The van der Waals surface area contributed by atoms with E-state index in [0.717, 1.165) is 10.2 Å². The van der Waals surface area contributed by atoms with Crippen LogP contribution in [0.25, 0.3) is 0 Å². The smallest absolute Gasteiger partial charge is 0.286 e. The van der Waals surface area contributed by atoms with Crippen LogP contribution in [0.2, 0.25) is 0 Å². The molecule has 0 unspecified atom stereocenters. The molecule has 7 nitrogen and oxygen atoms in total. The lowest BCUT2D eigenvalue weighted by atomic mass is 10.3. The van der Waals surface area contributed by atoms with E-state index >= 15 is 0 Å². The summed E-state index contributed by atoms with van der Waals surface area (Å²) in [6, 6.07) is 10.9. The van der Waals surface area contributed by atoms with Gasteiger partial charge in [-0.3, -0.25) is 4.79 Å². The lowest BCUT2D eigenvalue weighted by Crippen LogP contribution is -2.24. The molecule has 3 aromatic rings. The fourth-order valence-corrected chi connectivity index (χ4v) is 2.64. The zero-order chi connectivity index (χ0) is 18.4. The maximum atomic E-state index is 12.1. The highest BCUT2D eigenvalue weighted by atomic mass is 79.9. The molecule has 1 amide bonds. The van der Waals surface area contributed by atoms with E-state index in [1.165, 1.54) is 0 Å². The second-order valence-corrected chi connectivity index (χ2v) is 6.52. The molecule has 0 aliphatic heterocycles. The van der Waals surface area contributed by atoms with Crippen molar-refractivity contribution in [2.75, 3.05) is 6.54 Å². The van der Waals surface area contributed by atoms with Gasteiger partial charge in [0.1, 0.15) is 18.1 Å². The number of carbonyl (C=O) groups is 1. The van der Waals surface area contributed by atoms with Gasteiger partial charge in [0.15, 0.2) is 11.6 Å². The van der Waals surface area contributed by atoms with E-state index in [-0.39, 0.29) is 18.3 Å². The molecule has 136 valence electrons. The highest BCUT2D eigenvalue weighted by molar-refractivity contribution is 9.10. The van der Waals surface area contributed by atoms with Gasteiger partial charge in [0.05, 0.1) is 0 Å². The number of furan rings is 1. The number of aromatic nitrogens is 2. The Kier molecular flexibility index (Phi) is 6.06. The van der Waals surface area contributed by atoms with Crippen molar-refractivity contribution in [1.82, 2.24) is 15.5 Å². The SMILES string of the molecule is Cc1noc(CCCNC(=O)c2ccc(COc3cccc(Br)c3)o2)n1. The Morgan fingerprint density at radius 2 is 2.19 bits per heavy atom. The number of aryl methyl sites for hydroxylation is 2. The Morgan fingerprint density at radius 1 is 1.31 bits per heavy atom. The van der Waals surface area contributed by atoms with Gasteiger partial charge in [-0.1, -0.05) is 27.2 Å². The molecule has 0 spiro atoms. The van der Waals surface area contributed by atoms with Gasteiger partial charge in [0.2, 0.25) is 5.89 Å². The molecule has 0 aliphatic carbocycles. The zero-order valence-corrected chi connectivity index (χ0v) is 15.8. The maximum absolute atomic E-state index is 12.1. The molecule has 2 aromatic heterocycles. The van der Waals surface area contributed by atoms with Crippen molar-refractivity contribution in [2.24, 2.45) is 0 Å². The predicted octanol–water partition coefficient (Wildman–Crippen LogP) is 3.68. The molecule has 0 saturated heterocycles. The molecule has 0 radical (unpaired) electrons. The first kappa shape index (κ1) is 18.2. The van der Waals surface area contributed by atoms with Crippen LogP contribution in [0.4, 0.5) is 0 Å². The van der Waals surface area contributed by atoms with Crippen molar-refractivity contribution in [3.05, 3.63) is 64.1 Å². The Labute approximate surface area is 158 Å². The number of hydrogen-bond donors (Lipinski definition) is 1. The number of benzene rings is 1. The van der Waals surface area contributed by atoms with E-state index in [1.807, 2.05) is 24.3 Å². The van der Waals surface area contributed by atoms with E-state index in [1.54, 1.807) is 19.1 Å². The van der Waals surface area contributed by atoms with Crippen LogP contribution in [-0.2, 0) is 13.0 Å². The first-order chi connectivity index (χ1) is 12.6. The third kappa shape index (κ3) is 5.19. The summed E-state index contributed by atoms with van der Waals surface area (Å²) in [6.07, 6.45) is 1.32. The zero-order valence-electron chi connectivity index (χ0n) is 14.2. The molecule has 2 heterocycles. The molecular weight excluding hydrogens is 402 g/mol. The molecule has 1 N–H and O–H groups in total. The van der Waals surface area contributed by atoms with Crippen LogP contribution in [0.3, 0.4) is 0 Å². The summed E-state index contributed by atoms with van der Waals surface area (Å²) < 4.78 is 17.1. The number of nitrogens with one attached hydrogen (secondary N) is 1. The number of nitrogens with zero attached hydrogens (tertiary/aromatic N) is 2. The minimum absolute atomic E-state index is 0.250. The summed E-state index contributed by atoms with van der Waals surface area (Å²) in [5, 5.41) is 6.52. The van der Waals surface area contributed by atoms with Gasteiger partial charge in [-0.2, -0.15) is 4.98 Å². The van der Waals surface area contributed by atoms with Crippen molar-refractivity contribution in [3.8, 4) is 5.75 Å². The van der Waals surface area contributed by atoms with Crippen LogP contribution in [0, 0.1) is 6.92 Å². The number of amides is 1. The van der Waals surface area contributed by atoms with Crippen LogP contribution in [0.15, 0.2) is 49.8 Å². The Bertz CT molecular complexity index is 875. The number of ether oxygens (including phenoxy) is 1. The van der Waals surface area contributed by atoms with Crippen LogP contribution in [0.5, 0.6) is 5.75 Å². The second kappa shape index (κ2) is 8.66. The Balaban J connectivity index is 1.42. The lowest BCUT2D eigenvalue weighted by molar-refractivity contribution is 0.0921. The summed E-state index contributed by atoms with van der Waals surface area (Å²) >= 11 is 3.39. The molecule has 26 heavy (non-hydrogen) atoms. The summed E-state index contributed by atoms with van der Waals surface area (Å²) in [4.78, 5) is 16.2. The van der Waals surface area contributed by atoms with Gasteiger partial charge in [0, 0.05) is 17.4 Å². The lowest BCUT2D eigenvalue weighted by Gasteiger charge is -2.04. The minimum Gasteiger partial charge on any atom is -0.486 e. The number of carbonyl (C=O) groups excluding carboxylic acids is 1. The second-order valence-electron chi connectivity index (χ2n) is 5.61. The molecule has 0 atom stereocenters. The largest absolute Gasteiger partial charge is 0.486 e. The van der Waals surface area contributed by atoms with E-state index in [2.05, 4.69) is 31.4 Å². The first-order valence-electron chi connectivity index (χ1n) is 8.14. The van der Waals surface area contributed by atoms with Crippen LogP contribution in [-0.4, -0.2) is 22.6 Å². The predicted molar refractivity (Wildman–Crippen MR) is 96.9 cm³/mol. The Hall–Kier alpha value is -2.61. The normalized spacial score (nSPS) is 10.7. The van der Waals surface area contributed by atoms with Crippen molar-refractivity contribution < 1.29 is 18.5 Å². The standard InChI is InChI=1S/C18H18BrN3O4/c1-12-21-17(26-22-12)6-3-9-20-18(23)16-8-7-15(25-16)11-24-14-5-2-4-13(19)10-14/h2,4-5,7-8,10H,3,6,9,11H2,1H3,(H,20,23). The number of hydrogen-bond acceptors (Lipinski definition) is 6. The summed E-state index contributed by atoms with van der Waals surface area (Å²) in [5.41, 5.74) is 0. The van der Waals surface area contributed by atoms with Gasteiger partial charge in [-0.15, -0.1) is 0 Å². The highest BCUT2D eigenvalue weighted by Gasteiger charge is 2.11. The monoisotopic (exact) mass is 419 g/mol. The van der Waals surface area contributed by atoms with Gasteiger partial charge in [-0.25, -0.2) is 0 Å². The molecular formula is C18H18BrN3O4. The van der Waals surface area contributed by atoms with E-state index in [9.17, 15) is 4.79 Å². The molecule has 1 aromatic carbocycles. The number of rotatable bonds is 8. The molecule has 8 heteroatoms. The summed E-state index contributed by atoms with van der Waals surface area (Å²) in [6.45, 7) is 2.51. The molecule has 3 rings (SSSR count). The molecule has 0 fully saturated rings. The molecule has 0 aliphatic rings. The van der Waals surface area contributed by atoms with Gasteiger partial charge in [0.25, 0.3) is 5.91 Å². The third-order valence-corrected chi connectivity index (χ3v) is 3.98. The van der Waals surface area contributed by atoms with Crippen molar-refractivity contribution >= 4 is 21.8 Å². The van der Waals surface area contributed by atoms with E-state index < -0.39 is 0 Å². The van der Waals surface area contributed by atoms with Crippen LogP contribution >= 0.6 is 15.9 Å². The molecule has 0 saturated carbocycles. The van der Waals surface area contributed by atoms with E-state index in [4.69, 9.17) is 13.7 Å².